The van der Waals surface area contributed by atoms with Crippen molar-refractivity contribution in [3.05, 3.63) is 29.8 Å². The molecule has 0 saturated carbocycles. The van der Waals surface area contributed by atoms with Crippen LogP contribution in [-0.4, -0.2) is 26.2 Å². The molecule has 0 aliphatic rings. The summed E-state index contributed by atoms with van der Waals surface area (Å²) in [7, 11) is 1.48. The topological polar surface area (TPSA) is 69.6 Å². The standard InChI is InChI=1S/C10H14O4S/c1-7(15(12)13)10(11)8-5-3-4-6-9(8)14-2/h3-7,10-11H,1-2H3,(H,12,13)/p-1/t7-,10+/m1/s1. The molecule has 5 heteroatoms. The van der Waals surface area contributed by atoms with E-state index in [2.05, 4.69) is 0 Å². The predicted octanol–water partition coefficient (Wildman–Crippen LogP) is 0.996. The Morgan fingerprint density at radius 2 is 2.07 bits per heavy atom. The Bertz CT molecular complexity index is 353. The maximum absolute atomic E-state index is 10.7. The van der Waals surface area contributed by atoms with E-state index in [1.54, 1.807) is 24.3 Å². The van der Waals surface area contributed by atoms with Gasteiger partial charge in [0.25, 0.3) is 0 Å². The van der Waals surface area contributed by atoms with Crippen molar-refractivity contribution in [1.82, 2.24) is 0 Å². The lowest BCUT2D eigenvalue weighted by molar-refractivity contribution is 0.170. The molecule has 1 aromatic carbocycles. The van der Waals surface area contributed by atoms with Crippen molar-refractivity contribution in [2.45, 2.75) is 18.3 Å². The predicted molar refractivity (Wildman–Crippen MR) is 56.3 cm³/mol. The van der Waals surface area contributed by atoms with Crippen molar-refractivity contribution < 1.29 is 18.6 Å². The van der Waals surface area contributed by atoms with Crippen molar-refractivity contribution in [3.8, 4) is 5.75 Å². The van der Waals surface area contributed by atoms with Crippen LogP contribution < -0.4 is 4.74 Å². The summed E-state index contributed by atoms with van der Waals surface area (Å²) >= 11 is -2.31. The van der Waals surface area contributed by atoms with Gasteiger partial charge in [0.1, 0.15) is 5.75 Å². The minimum Gasteiger partial charge on any atom is -0.772 e. The van der Waals surface area contributed by atoms with E-state index in [4.69, 9.17) is 4.74 Å². The molecule has 1 N–H and O–H groups in total. The van der Waals surface area contributed by atoms with Gasteiger partial charge >= 0.3 is 0 Å². The van der Waals surface area contributed by atoms with Gasteiger partial charge in [-0.05, 0) is 24.1 Å². The van der Waals surface area contributed by atoms with E-state index in [0.29, 0.717) is 11.3 Å². The van der Waals surface area contributed by atoms with Crippen LogP contribution in [0.5, 0.6) is 5.75 Å². The molecule has 0 aromatic heterocycles. The number of aliphatic hydroxyl groups excluding tert-OH is 1. The molecule has 4 nitrogen and oxygen atoms in total. The second-order valence-electron chi connectivity index (χ2n) is 3.15. The molecular formula is C10H13O4S-. The van der Waals surface area contributed by atoms with Crippen LogP contribution in [0.1, 0.15) is 18.6 Å². The van der Waals surface area contributed by atoms with Gasteiger partial charge in [0.2, 0.25) is 0 Å². The summed E-state index contributed by atoms with van der Waals surface area (Å²) in [6, 6.07) is 6.81. The third-order valence-electron chi connectivity index (χ3n) is 2.21. The lowest BCUT2D eigenvalue weighted by Crippen LogP contribution is -2.20. The third-order valence-corrected chi connectivity index (χ3v) is 3.07. The van der Waals surface area contributed by atoms with Gasteiger partial charge in [-0.3, -0.25) is 4.21 Å². The first-order valence-corrected chi connectivity index (χ1v) is 5.60. The van der Waals surface area contributed by atoms with E-state index in [0.717, 1.165) is 0 Å². The van der Waals surface area contributed by atoms with E-state index in [-0.39, 0.29) is 0 Å². The summed E-state index contributed by atoms with van der Waals surface area (Å²) in [4.78, 5) is 0. The normalized spacial score (nSPS) is 16.8. The molecule has 1 unspecified atom stereocenters. The fraction of sp³-hybridized carbons (Fsp3) is 0.400. The minimum atomic E-state index is -2.31. The zero-order chi connectivity index (χ0) is 11.4. The van der Waals surface area contributed by atoms with Crippen LogP contribution in [0.3, 0.4) is 0 Å². The van der Waals surface area contributed by atoms with Crippen LogP contribution in [-0.2, 0) is 11.1 Å². The Morgan fingerprint density at radius 3 is 2.60 bits per heavy atom. The molecule has 1 rings (SSSR count). The molecule has 1 aromatic rings. The maximum Gasteiger partial charge on any atom is 0.124 e. The van der Waals surface area contributed by atoms with Crippen LogP contribution >= 0.6 is 0 Å². The summed E-state index contributed by atoms with van der Waals surface area (Å²) in [6.45, 7) is 1.44. The van der Waals surface area contributed by atoms with Crippen molar-refractivity contribution in [2.24, 2.45) is 0 Å². The molecular weight excluding hydrogens is 216 g/mol. The van der Waals surface area contributed by atoms with Crippen LogP contribution in [0.15, 0.2) is 24.3 Å². The van der Waals surface area contributed by atoms with Crippen LogP contribution in [0.4, 0.5) is 0 Å². The van der Waals surface area contributed by atoms with Gasteiger partial charge < -0.3 is 14.4 Å². The summed E-state index contributed by atoms with van der Waals surface area (Å²) in [5.41, 5.74) is 0.483. The summed E-state index contributed by atoms with van der Waals surface area (Å²) in [6.07, 6.45) is -1.07. The number of benzene rings is 1. The zero-order valence-electron chi connectivity index (χ0n) is 8.54. The monoisotopic (exact) mass is 229 g/mol. The summed E-state index contributed by atoms with van der Waals surface area (Å²) in [5.74, 6) is 0.488. The molecule has 84 valence electrons. The molecule has 15 heavy (non-hydrogen) atoms. The number of rotatable bonds is 4. The van der Waals surface area contributed by atoms with Crippen LogP contribution in [0.25, 0.3) is 0 Å². The fourth-order valence-corrected chi connectivity index (χ4v) is 1.63. The zero-order valence-corrected chi connectivity index (χ0v) is 9.36. The third kappa shape index (κ3) is 2.77. The molecule has 0 amide bonds. The average Bonchev–Trinajstić information content (AvgIpc) is 2.26. The van der Waals surface area contributed by atoms with E-state index < -0.39 is 22.4 Å². The van der Waals surface area contributed by atoms with Crippen LogP contribution in [0, 0.1) is 0 Å². The van der Waals surface area contributed by atoms with Crippen molar-refractivity contribution in [3.63, 3.8) is 0 Å². The maximum atomic E-state index is 10.7. The highest BCUT2D eigenvalue weighted by Crippen LogP contribution is 2.28. The van der Waals surface area contributed by atoms with Crippen molar-refractivity contribution >= 4 is 11.1 Å². The second-order valence-corrected chi connectivity index (χ2v) is 4.42. The Balaban J connectivity index is 2.99. The Morgan fingerprint density at radius 1 is 1.47 bits per heavy atom. The molecule has 3 atom stereocenters. The van der Waals surface area contributed by atoms with E-state index in [1.807, 2.05) is 0 Å². The second kappa shape index (κ2) is 5.25. The van der Waals surface area contributed by atoms with Gasteiger partial charge in [-0.1, -0.05) is 18.2 Å². The molecule has 0 aliphatic carbocycles. The SMILES string of the molecule is COc1ccccc1[C@@H](O)[C@@H](C)S(=O)[O-]. The van der Waals surface area contributed by atoms with Crippen LogP contribution in [0.2, 0.25) is 0 Å². The quantitative estimate of drug-likeness (QED) is 0.782. The van der Waals surface area contributed by atoms with Gasteiger partial charge in [0, 0.05) is 10.8 Å². The number of para-hydroxylation sites is 1. The van der Waals surface area contributed by atoms with E-state index in [9.17, 15) is 13.9 Å². The first-order chi connectivity index (χ1) is 7.07. The number of methoxy groups -OCH3 is 1. The fourth-order valence-electron chi connectivity index (χ4n) is 1.27. The number of aliphatic hydroxyl groups is 1. The lowest BCUT2D eigenvalue weighted by atomic mass is 10.1. The van der Waals surface area contributed by atoms with Gasteiger partial charge in [0.05, 0.1) is 13.2 Å². The highest BCUT2D eigenvalue weighted by Gasteiger charge is 2.20. The van der Waals surface area contributed by atoms with Gasteiger partial charge in [0.15, 0.2) is 0 Å². The number of ether oxygens (including phenoxy) is 1. The first kappa shape index (κ1) is 12.2. The number of hydrogen-bond acceptors (Lipinski definition) is 4. The molecule has 0 heterocycles. The highest BCUT2D eigenvalue weighted by molar-refractivity contribution is 7.79. The van der Waals surface area contributed by atoms with Gasteiger partial charge in [-0.15, -0.1) is 0 Å². The Kier molecular flexibility index (Phi) is 4.26. The highest BCUT2D eigenvalue weighted by atomic mass is 32.2. The van der Waals surface area contributed by atoms with E-state index >= 15 is 0 Å². The molecule has 0 saturated heterocycles. The number of hydrogen-bond donors (Lipinski definition) is 1. The smallest absolute Gasteiger partial charge is 0.124 e. The Hall–Kier alpha value is -0.910. The average molecular weight is 229 g/mol. The molecule has 0 bridgehead atoms. The largest absolute Gasteiger partial charge is 0.772 e. The first-order valence-electron chi connectivity index (χ1n) is 4.47. The molecule has 0 aliphatic heterocycles. The summed E-state index contributed by atoms with van der Waals surface area (Å²) in [5, 5.41) is 8.94. The summed E-state index contributed by atoms with van der Waals surface area (Å²) < 4.78 is 26.5. The Labute approximate surface area is 91.2 Å². The molecule has 0 radical (unpaired) electrons. The van der Waals surface area contributed by atoms with Crippen molar-refractivity contribution in [2.75, 3.05) is 7.11 Å². The molecule has 0 spiro atoms. The minimum absolute atomic E-state index is 0.483. The van der Waals surface area contributed by atoms with Gasteiger partial charge in [-0.2, -0.15) is 0 Å². The lowest BCUT2D eigenvalue weighted by Gasteiger charge is -2.22. The van der Waals surface area contributed by atoms with Gasteiger partial charge in [-0.25, -0.2) is 0 Å². The van der Waals surface area contributed by atoms with E-state index in [1.165, 1.54) is 14.0 Å². The van der Waals surface area contributed by atoms with Crippen molar-refractivity contribution in [1.29, 1.82) is 0 Å². The molecule has 0 fully saturated rings.